The first-order valence-electron chi connectivity index (χ1n) is 14.7. The summed E-state index contributed by atoms with van der Waals surface area (Å²) < 4.78 is 6.90. The van der Waals surface area contributed by atoms with Crippen molar-refractivity contribution in [1.29, 1.82) is 0 Å². The van der Waals surface area contributed by atoms with E-state index in [9.17, 15) is 19.5 Å². The van der Waals surface area contributed by atoms with Crippen molar-refractivity contribution in [1.82, 2.24) is 9.80 Å². The van der Waals surface area contributed by atoms with E-state index in [1.165, 1.54) is 0 Å². The number of hydrogen-bond acceptors (Lipinski definition) is 5. The summed E-state index contributed by atoms with van der Waals surface area (Å²) in [6.07, 6.45) is 5.60. The van der Waals surface area contributed by atoms with E-state index in [4.69, 9.17) is 16.3 Å². The fraction of sp³-hybridized carbons (Fsp3) is 0.594. The molecule has 1 aromatic carbocycles. The number of benzene rings is 1. The third-order valence-corrected chi connectivity index (χ3v) is 9.62. The van der Waals surface area contributed by atoms with Gasteiger partial charge in [0.1, 0.15) is 11.6 Å². The van der Waals surface area contributed by atoms with Crippen LogP contribution in [0.15, 0.2) is 43.5 Å². The Morgan fingerprint density at radius 3 is 2.54 bits per heavy atom. The number of amides is 3. The molecule has 3 aliphatic rings. The average Bonchev–Trinajstić information content (AvgIpc) is 3.44. The lowest BCUT2D eigenvalue weighted by molar-refractivity contribution is -0.151. The summed E-state index contributed by atoms with van der Waals surface area (Å²) >= 11 is 6.64. The lowest BCUT2D eigenvalue weighted by atomic mass is 9.62. The molecule has 4 rings (SSSR count). The summed E-state index contributed by atoms with van der Waals surface area (Å²) in [6, 6.07) is 4.51. The normalized spacial score (nSPS) is 29.9. The first kappa shape index (κ1) is 31.3. The average molecular weight is 586 g/mol. The Morgan fingerprint density at radius 2 is 1.93 bits per heavy atom. The summed E-state index contributed by atoms with van der Waals surface area (Å²) in [5.41, 5.74) is -0.671. The Labute approximate surface area is 248 Å². The highest BCUT2D eigenvalue weighted by Gasteiger charge is 2.80. The maximum atomic E-state index is 14.8. The number of nitrogens with zero attached hydrogens (tertiary/aromatic N) is 3. The van der Waals surface area contributed by atoms with E-state index in [-0.39, 0.29) is 43.3 Å². The first-order valence-corrected chi connectivity index (χ1v) is 15.1. The van der Waals surface area contributed by atoms with Crippen molar-refractivity contribution >= 4 is 35.0 Å². The molecule has 3 fully saturated rings. The van der Waals surface area contributed by atoms with Crippen molar-refractivity contribution < 1.29 is 24.2 Å². The van der Waals surface area contributed by atoms with Gasteiger partial charge in [0.2, 0.25) is 11.8 Å². The van der Waals surface area contributed by atoms with E-state index < -0.39 is 29.1 Å². The van der Waals surface area contributed by atoms with Crippen LogP contribution in [0.25, 0.3) is 0 Å². The van der Waals surface area contributed by atoms with Crippen LogP contribution < -0.4 is 4.90 Å². The molecule has 9 heteroatoms. The van der Waals surface area contributed by atoms with E-state index in [1.54, 1.807) is 32.9 Å². The number of rotatable bonds is 13. The number of carbonyl (C=O) groups excluding carboxylic acids is 3. The van der Waals surface area contributed by atoms with Gasteiger partial charge in [-0.1, -0.05) is 49.7 Å². The van der Waals surface area contributed by atoms with Gasteiger partial charge in [-0.3, -0.25) is 14.4 Å². The number of para-hydroxylation sites is 1. The highest BCUT2D eigenvalue weighted by Crippen LogP contribution is 2.65. The van der Waals surface area contributed by atoms with Crippen LogP contribution in [0, 0.1) is 24.7 Å². The summed E-state index contributed by atoms with van der Waals surface area (Å²) in [4.78, 5) is 48.3. The van der Waals surface area contributed by atoms with Crippen molar-refractivity contribution in [2.75, 3.05) is 37.7 Å². The maximum Gasteiger partial charge on any atom is 0.253 e. The van der Waals surface area contributed by atoms with Crippen molar-refractivity contribution in [3.63, 3.8) is 0 Å². The highest BCUT2D eigenvalue weighted by atomic mass is 35.5. The predicted molar refractivity (Wildman–Crippen MR) is 161 cm³/mol. The third-order valence-electron chi connectivity index (χ3n) is 9.31. The molecule has 0 aliphatic carbocycles. The predicted octanol–water partition coefficient (Wildman–Crippen LogP) is 4.38. The van der Waals surface area contributed by atoms with Gasteiger partial charge in [-0.15, -0.1) is 13.2 Å². The first-order chi connectivity index (χ1) is 19.5. The largest absolute Gasteiger partial charge is 0.396 e. The van der Waals surface area contributed by atoms with E-state index in [2.05, 4.69) is 13.2 Å². The second-order valence-corrected chi connectivity index (χ2v) is 12.3. The Balaban J connectivity index is 1.85. The molecule has 3 amide bonds. The number of ether oxygens (including phenoxy) is 1. The van der Waals surface area contributed by atoms with Crippen molar-refractivity contribution in [3.05, 3.63) is 54.1 Å². The molecule has 224 valence electrons. The standard InChI is InChI=1S/C32H44ClN3O5/c1-7-15-34(16-8-2)28(38)24-25-29(39)36(18-10-11-19-37)27(32(25)20-22(5)31(24,6)41-32)30(40)35(17-9-3)26-21(4)13-12-14-23(26)33/h7,9,12-14,22,24-25,27,37H,1,3,8,10-11,15-20H2,2,4-6H3/t22?,24-,25+,27?,31+,32?/m1/s1. The monoisotopic (exact) mass is 585 g/mol. The number of aryl methyl sites for hydroxylation is 1. The van der Waals surface area contributed by atoms with Crippen LogP contribution in [0.4, 0.5) is 5.69 Å². The van der Waals surface area contributed by atoms with E-state index in [1.807, 2.05) is 39.8 Å². The van der Waals surface area contributed by atoms with Crippen molar-refractivity contribution in [3.8, 4) is 0 Å². The van der Waals surface area contributed by atoms with Crippen LogP contribution in [0.5, 0.6) is 0 Å². The number of hydrogen-bond donors (Lipinski definition) is 1. The van der Waals surface area contributed by atoms with Gasteiger partial charge in [0.15, 0.2) is 0 Å². The van der Waals surface area contributed by atoms with Gasteiger partial charge in [0, 0.05) is 32.8 Å². The van der Waals surface area contributed by atoms with Crippen LogP contribution in [0.2, 0.25) is 5.02 Å². The van der Waals surface area contributed by atoms with Crippen LogP contribution in [-0.4, -0.2) is 82.7 Å². The molecule has 3 heterocycles. The van der Waals surface area contributed by atoms with E-state index in [0.717, 1.165) is 12.0 Å². The Hall–Kier alpha value is -2.68. The minimum absolute atomic E-state index is 0.0170. The van der Waals surface area contributed by atoms with Gasteiger partial charge in [0.25, 0.3) is 5.91 Å². The van der Waals surface area contributed by atoms with E-state index >= 15 is 0 Å². The summed E-state index contributed by atoms with van der Waals surface area (Å²) in [5, 5.41) is 9.90. The number of anilines is 1. The minimum atomic E-state index is -1.16. The Bertz CT molecular complexity index is 1190. The fourth-order valence-corrected chi connectivity index (χ4v) is 7.80. The summed E-state index contributed by atoms with van der Waals surface area (Å²) in [5.74, 6) is -2.24. The van der Waals surface area contributed by atoms with Crippen LogP contribution >= 0.6 is 11.6 Å². The number of aliphatic hydroxyl groups excluding tert-OH is 1. The van der Waals surface area contributed by atoms with Gasteiger partial charge in [-0.05, 0) is 57.1 Å². The minimum Gasteiger partial charge on any atom is -0.396 e. The van der Waals surface area contributed by atoms with Crippen LogP contribution in [0.3, 0.4) is 0 Å². The molecule has 2 bridgehead atoms. The summed E-state index contributed by atoms with van der Waals surface area (Å²) in [6.45, 7) is 17.0. The van der Waals surface area contributed by atoms with Crippen LogP contribution in [-0.2, 0) is 19.1 Å². The molecule has 3 aliphatic heterocycles. The lowest BCUT2D eigenvalue weighted by Crippen LogP contribution is -2.57. The molecular formula is C32H44ClN3O5. The fourth-order valence-electron chi connectivity index (χ4n) is 7.48. The Morgan fingerprint density at radius 1 is 1.22 bits per heavy atom. The number of fused-ring (bicyclic) bond motifs is 1. The zero-order valence-electron chi connectivity index (χ0n) is 24.8. The molecule has 1 aromatic rings. The van der Waals surface area contributed by atoms with Crippen LogP contribution in [0.1, 0.15) is 52.0 Å². The quantitative estimate of drug-likeness (QED) is 0.274. The summed E-state index contributed by atoms with van der Waals surface area (Å²) in [7, 11) is 0. The molecule has 3 saturated heterocycles. The number of halogens is 1. The van der Waals surface area contributed by atoms with Crippen molar-refractivity contribution in [2.45, 2.75) is 70.6 Å². The maximum absolute atomic E-state index is 14.8. The molecule has 3 unspecified atom stereocenters. The second-order valence-electron chi connectivity index (χ2n) is 11.9. The van der Waals surface area contributed by atoms with Gasteiger partial charge < -0.3 is 24.5 Å². The van der Waals surface area contributed by atoms with E-state index in [0.29, 0.717) is 43.1 Å². The van der Waals surface area contributed by atoms with Gasteiger partial charge in [-0.2, -0.15) is 0 Å². The molecule has 0 saturated carbocycles. The molecule has 0 aromatic heterocycles. The molecule has 41 heavy (non-hydrogen) atoms. The van der Waals surface area contributed by atoms with Gasteiger partial charge in [0.05, 0.1) is 28.1 Å². The zero-order chi connectivity index (χ0) is 30.1. The molecule has 8 nitrogen and oxygen atoms in total. The molecular weight excluding hydrogens is 542 g/mol. The smallest absolute Gasteiger partial charge is 0.253 e. The second kappa shape index (κ2) is 12.3. The van der Waals surface area contributed by atoms with Gasteiger partial charge >= 0.3 is 0 Å². The molecule has 6 atom stereocenters. The topological polar surface area (TPSA) is 90.4 Å². The molecule has 1 spiro atoms. The Kier molecular flexibility index (Phi) is 9.36. The molecule has 1 N–H and O–H groups in total. The van der Waals surface area contributed by atoms with Crippen molar-refractivity contribution in [2.24, 2.45) is 17.8 Å². The zero-order valence-corrected chi connectivity index (χ0v) is 25.5. The van der Waals surface area contributed by atoms with Gasteiger partial charge in [-0.25, -0.2) is 0 Å². The highest BCUT2D eigenvalue weighted by molar-refractivity contribution is 6.34. The number of unbranched alkanes of at least 4 members (excludes halogenated alkanes) is 1. The lowest BCUT2D eigenvalue weighted by Gasteiger charge is -2.39. The number of aliphatic hydroxyl groups is 1. The SMILES string of the molecule is C=CCN(CCC)C(=O)[C@H]1[C@H]2C(=O)N(CCCCO)C(C(=O)N(CC=C)c3c(C)cccc3Cl)C23CC(C)[C@]1(C)O3. The number of likely N-dealkylation sites (tertiary alicyclic amines) is 1. The molecule has 0 radical (unpaired) electrons. The third kappa shape index (κ3) is 5.02. The number of carbonyl (C=O) groups is 3.